The highest BCUT2D eigenvalue weighted by atomic mass is 79.9. The molecule has 0 aliphatic rings. The predicted molar refractivity (Wildman–Crippen MR) is 77.7 cm³/mol. The van der Waals surface area contributed by atoms with Gasteiger partial charge in [0.05, 0.1) is 0 Å². The number of rotatable bonds is 3. The average Bonchev–Trinajstić information content (AvgIpc) is 2.35. The van der Waals surface area contributed by atoms with Crippen LogP contribution in [0.5, 0.6) is 0 Å². The van der Waals surface area contributed by atoms with Crippen LogP contribution in [0.3, 0.4) is 0 Å². The number of aryl methyl sites for hydroxylation is 2. The molecule has 18 heavy (non-hydrogen) atoms. The minimum atomic E-state index is -0.184. The van der Waals surface area contributed by atoms with Gasteiger partial charge in [-0.1, -0.05) is 51.8 Å². The van der Waals surface area contributed by atoms with Crippen LogP contribution >= 0.6 is 15.9 Å². The second-order valence-electron chi connectivity index (χ2n) is 4.66. The lowest BCUT2D eigenvalue weighted by molar-refractivity contribution is 0.627. The summed E-state index contributed by atoms with van der Waals surface area (Å²) in [4.78, 5) is 0.267. The number of halogens is 2. The smallest absolute Gasteiger partial charge is 0.123 e. The molecule has 0 fully saturated rings. The molecule has 2 heteroatoms. The fourth-order valence-electron chi connectivity index (χ4n) is 2.03. The number of benzene rings is 2. The van der Waals surface area contributed by atoms with Gasteiger partial charge in [-0.15, -0.1) is 0 Å². The fraction of sp³-hybridized carbons (Fsp3) is 0.250. The molecule has 0 spiro atoms. The van der Waals surface area contributed by atoms with E-state index in [2.05, 4.69) is 48.0 Å². The van der Waals surface area contributed by atoms with Crippen molar-refractivity contribution in [3.63, 3.8) is 0 Å². The van der Waals surface area contributed by atoms with Gasteiger partial charge in [-0.25, -0.2) is 4.39 Å². The molecule has 0 nitrogen and oxygen atoms in total. The third kappa shape index (κ3) is 3.20. The van der Waals surface area contributed by atoms with Gasteiger partial charge in [0.15, 0.2) is 0 Å². The van der Waals surface area contributed by atoms with Crippen LogP contribution in [-0.2, 0) is 6.42 Å². The van der Waals surface area contributed by atoms with Crippen LogP contribution in [0.2, 0.25) is 0 Å². The van der Waals surface area contributed by atoms with Gasteiger partial charge in [0.25, 0.3) is 0 Å². The van der Waals surface area contributed by atoms with Crippen molar-refractivity contribution in [2.24, 2.45) is 0 Å². The first kappa shape index (κ1) is 13.3. The Hall–Kier alpha value is -1.15. The van der Waals surface area contributed by atoms with Crippen molar-refractivity contribution in [1.29, 1.82) is 0 Å². The highest BCUT2D eigenvalue weighted by Gasteiger charge is 2.11. The minimum absolute atomic E-state index is 0.184. The lowest BCUT2D eigenvalue weighted by atomic mass is 9.98. The fourth-order valence-corrected chi connectivity index (χ4v) is 2.90. The first-order valence-electron chi connectivity index (χ1n) is 6.02. The van der Waals surface area contributed by atoms with E-state index in [0.29, 0.717) is 0 Å². The molecule has 2 aromatic carbocycles. The lowest BCUT2D eigenvalue weighted by Crippen LogP contribution is -1.98. The van der Waals surface area contributed by atoms with Crippen LogP contribution in [0.15, 0.2) is 42.5 Å². The van der Waals surface area contributed by atoms with Crippen molar-refractivity contribution in [3.8, 4) is 0 Å². The van der Waals surface area contributed by atoms with E-state index >= 15 is 0 Å². The van der Waals surface area contributed by atoms with Gasteiger partial charge >= 0.3 is 0 Å². The van der Waals surface area contributed by atoms with Crippen molar-refractivity contribution in [1.82, 2.24) is 0 Å². The molecule has 0 aliphatic carbocycles. The van der Waals surface area contributed by atoms with Crippen LogP contribution in [0.4, 0.5) is 4.39 Å². The van der Waals surface area contributed by atoms with E-state index in [-0.39, 0.29) is 10.6 Å². The lowest BCUT2D eigenvalue weighted by Gasteiger charge is -2.14. The molecule has 94 valence electrons. The molecule has 0 N–H and O–H groups in total. The van der Waals surface area contributed by atoms with E-state index in [4.69, 9.17) is 0 Å². The van der Waals surface area contributed by atoms with E-state index in [1.807, 2.05) is 12.1 Å². The molecule has 2 rings (SSSR count). The van der Waals surface area contributed by atoms with E-state index in [1.165, 1.54) is 28.8 Å². The topological polar surface area (TPSA) is 0 Å². The molecule has 2 aromatic rings. The van der Waals surface area contributed by atoms with E-state index in [9.17, 15) is 4.39 Å². The Balaban J connectivity index is 2.18. The summed E-state index contributed by atoms with van der Waals surface area (Å²) < 4.78 is 12.9. The molecule has 0 radical (unpaired) electrons. The van der Waals surface area contributed by atoms with E-state index in [1.54, 1.807) is 0 Å². The molecule has 1 unspecified atom stereocenters. The Morgan fingerprint density at radius 2 is 1.72 bits per heavy atom. The normalized spacial score (nSPS) is 12.4. The standard InChI is InChI=1S/C16H16BrF/c1-11-3-4-12(2)15(9-11)16(17)10-13-5-7-14(18)8-6-13/h3-9,16H,10H2,1-2H3. The zero-order valence-electron chi connectivity index (χ0n) is 10.6. The summed E-state index contributed by atoms with van der Waals surface area (Å²) in [6, 6.07) is 13.2. The number of hydrogen-bond donors (Lipinski definition) is 0. The molecule has 0 amide bonds. The highest BCUT2D eigenvalue weighted by molar-refractivity contribution is 9.09. The van der Waals surface area contributed by atoms with Crippen LogP contribution in [-0.4, -0.2) is 0 Å². The quantitative estimate of drug-likeness (QED) is 0.690. The second kappa shape index (κ2) is 5.66. The first-order valence-corrected chi connectivity index (χ1v) is 6.93. The van der Waals surface area contributed by atoms with Gasteiger partial charge < -0.3 is 0 Å². The second-order valence-corrected chi connectivity index (χ2v) is 5.76. The molecule has 0 aliphatic heterocycles. The van der Waals surface area contributed by atoms with E-state index < -0.39 is 0 Å². The van der Waals surface area contributed by atoms with Crippen LogP contribution in [0, 0.1) is 19.7 Å². The maximum Gasteiger partial charge on any atom is 0.123 e. The molecule has 0 aromatic heterocycles. The number of alkyl halides is 1. The van der Waals surface area contributed by atoms with Gasteiger partial charge in [0, 0.05) is 4.83 Å². The van der Waals surface area contributed by atoms with Crippen molar-refractivity contribution < 1.29 is 4.39 Å². The molecule has 0 bridgehead atoms. The maximum atomic E-state index is 12.9. The largest absolute Gasteiger partial charge is 0.207 e. The summed E-state index contributed by atoms with van der Waals surface area (Å²) in [5.41, 5.74) is 4.99. The predicted octanol–water partition coefficient (Wildman–Crippen LogP) is 5.12. The third-order valence-electron chi connectivity index (χ3n) is 3.10. The SMILES string of the molecule is Cc1ccc(C)c(C(Br)Cc2ccc(F)cc2)c1. The van der Waals surface area contributed by atoms with Gasteiger partial charge in [0.2, 0.25) is 0 Å². The van der Waals surface area contributed by atoms with Crippen molar-refractivity contribution in [2.75, 3.05) is 0 Å². The highest BCUT2D eigenvalue weighted by Crippen LogP contribution is 2.30. The van der Waals surface area contributed by atoms with Crippen LogP contribution in [0.25, 0.3) is 0 Å². The summed E-state index contributed by atoms with van der Waals surface area (Å²) in [7, 11) is 0. The summed E-state index contributed by atoms with van der Waals surface area (Å²) in [6.07, 6.45) is 0.866. The minimum Gasteiger partial charge on any atom is -0.207 e. The zero-order valence-corrected chi connectivity index (χ0v) is 12.2. The average molecular weight is 307 g/mol. The summed E-state index contributed by atoms with van der Waals surface area (Å²) in [5, 5.41) is 0. The Morgan fingerprint density at radius 1 is 1.06 bits per heavy atom. The molecular weight excluding hydrogens is 291 g/mol. The first-order chi connectivity index (χ1) is 8.56. The Labute approximate surface area is 116 Å². The van der Waals surface area contributed by atoms with Gasteiger partial charge in [-0.3, -0.25) is 0 Å². The van der Waals surface area contributed by atoms with Crippen molar-refractivity contribution >= 4 is 15.9 Å². The summed E-state index contributed by atoms with van der Waals surface area (Å²) in [6.45, 7) is 4.22. The third-order valence-corrected chi connectivity index (χ3v) is 3.92. The molecule has 0 saturated carbocycles. The Kier molecular flexibility index (Phi) is 4.18. The van der Waals surface area contributed by atoms with Crippen molar-refractivity contribution in [2.45, 2.75) is 25.1 Å². The molecule has 0 heterocycles. The monoisotopic (exact) mass is 306 g/mol. The molecule has 1 atom stereocenters. The molecular formula is C16H16BrF. The maximum absolute atomic E-state index is 12.9. The van der Waals surface area contributed by atoms with E-state index in [0.717, 1.165) is 12.0 Å². The summed E-state index contributed by atoms with van der Waals surface area (Å²) >= 11 is 3.73. The Bertz CT molecular complexity index is 531. The zero-order chi connectivity index (χ0) is 13.1. The number of hydrogen-bond acceptors (Lipinski definition) is 0. The Morgan fingerprint density at radius 3 is 2.39 bits per heavy atom. The molecule has 0 saturated heterocycles. The van der Waals surface area contributed by atoms with Crippen LogP contribution < -0.4 is 0 Å². The van der Waals surface area contributed by atoms with Gasteiger partial charge in [0.1, 0.15) is 5.82 Å². The van der Waals surface area contributed by atoms with Crippen LogP contribution in [0.1, 0.15) is 27.1 Å². The van der Waals surface area contributed by atoms with Crippen molar-refractivity contribution in [3.05, 3.63) is 70.5 Å². The van der Waals surface area contributed by atoms with Gasteiger partial charge in [-0.2, -0.15) is 0 Å². The van der Waals surface area contributed by atoms with Gasteiger partial charge in [-0.05, 0) is 49.1 Å². The summed E-state index contributed by atoms with van der Waals surface area (Å²) in [5.74, 6) is -0.184.